The summed E-state index contributed by atoms with van der Waals surface area (Å²) in [6, 6.07) is 5.65. The van der Waals surface area contributed by atoms with E-state index in [1.54, 1.807) is 23.6 Å². The smallest absolute Gasteiger partial charge is 0.225 e. The van der Waals surface area contributed by atoms with Crippen molar-refractivity contribution in [3.63, 3.8) is 0 Å². The molecule has 0 spiro atoms. The van der Waals surface area contributed by atoms with Gasteiger partial charge in [-0.15, -0.1) is 11.3 Å². The number of aryl methyl sites for hydroxylation is 1. The van der Waals surface area contributed by atoms with Crippen molar-refractivity contribution < 1.29 is 0 Å². The summed E-state index contributed by atoms with van der Waals surface area (Å²) in [5.74, 6) is 0.634. The highest BCUT2D eigenvalue weighted by molar-refractivity contribution is 7.18. The lowest BCUT2D eigenvalue weighted by Crippen LogP contribution is -1.97. The van der Waals surface area contributed by atoms with Crippen molar-refractivity contribution in [3.8, 4) is 0 Å². The van der Waals surface area contributed by atoms with Crippen molar-refractivity contribution in [2.75, 3.05) is 5.32 Å². The predicted octanol–water partition coefficient (Wildman–Crippen LogP) is 4.45. The molecule has 0 saturated heterocycles. The molecular formula is C12H8Cl2N4S. The highest BCUT2D eigenvalue weighted by Gasteiger charge is 2.11. The maximum atomic E-state index is 6.02. The second kappa shape index (κ2) is 4.92. The van der Waals surface area contributed by atoms with Crippen LogP contribution in [0, 0.1) is 6.92 Å². The first-order valence-corrected chi connectivity index (χ1v) is 7.02. The van der Waals surface area contributed by atoms with Gasteiger partial charge in [0.05, 0.1) is 11.1 Å². The van der Waals surface area contributed by atoms with Gasteiger partial charge in [0, 0.05) is 11.1 Å². The van der Waals surface area contributed by atoms with Crippen LogP contribution in [0.1, 0.15) is 4.88 Å². The second-order valence-electron chi connectivity index (χ2n) is 3.88. The number of nitrogens with one attached hydrogen (secondary N) is 1. The lowest BCUT2D eigenvalue weighted by atomic mass is 10.3. The van der Waals surface area contributed by atoms with Crippen LogP contribution in [0.25, 0.3) is 10.2 Å². The summed E-state index contributed by atoms with van der Waals surface area (Å²) in [7, 11) is 0. The molecule has 0 bridgehead atoms. The van der Waals surface area contributed by atoms with Crippen LogP contribution in [0.5, 0.6) is 0 Å². The molecule has 3 rings (SSSR count). The highest BCUT2D eigenvalue weighted by atomic mass is 35.5. The van der Waals surface area contributed by atoms with Crippen molar-refractivity contribution >= 4 is 56.3 Å². The Morgan fingerprint density at radius 2 is 2.11 bits per heavy atom. The number of hydrogen-bond acceptors (Lipinski definition) is 5. The minimum absolute atomic E-state index is 0.205. The number of nitrogens with zero attached hydrogens (tertiary/aromatic N) is 3. The van der Waals surface area contributed by atoms with Gasteiger partial charge in [-0.3, -0.25) is 0 Å². The molecule has 0 aliphatic rings. The first kappa shape index (κ1) is 12.6. The summed E-state index contributed by atoms with van der Waals surface area (Å²) >= 11 is 13.5. The molecule has 0 aliphatic carbocycles. The SMILES string of the molecule is Cc1cc2c(Nc3cccnc3Cl)nc(Cl)nc2s1. The van der Waals surface area contributed by atoms with E-state index < -0.39 is 0 Å². The van der Waals surface area contributed by atoms with Crippen molar-refractivity contribution in [1.82, 2.24) is 15.0 Å². The zero-order valence-corrected chi connectivity index (χ0v) is 12.1. The molecule has 3 aromatic rings. The van der Waals surface area contributed by atoms with Crippen LogP contribution in [0.15, 0.2) is 24.4 Å². The predicted molar refractivity (Wildman–Crippen MR) is 79.7 cm³/mol. The van der Waals surface area contributed by atoms with Crippen LogP contribution in [0.3, 0.4) is 0 Å². The molecule has 0 aromatic carbocycles. The van der Waals surface area contributed by atoms with Crippen molar-refractivity contribution in [1.29, 1.82) is 0 Å². The fraction of sp³-hybridized carbons (Fsp3) is 0.0833. The summed E-state index contributed by atoms with van der Waals surface area (Å²) in [4.78, 5) is 14.4. The monoisotopic (exact) mass is 310 g/mol. The Morgan fingerprint density at radius 1 is 1.26 bits per heavy atom. The van der Waals surface area contributed by atoms with Gasteiger partial charge in [-0.2, -0.15) is 4.98 Å². The molecule has 4 nitrogen and oxygen atoms in total. The van der Waals surface area contributed by atoms with E-state index in [9.17, 15) is 0 Å². The van der Waals surface area contributed by atoms with Crippen molar-refractivity contribution in [3.05, 3.63) is 39.7 Å². The van der Waals surface area contributed by atoms with Crippen LogP contribution in [0.2, 0.25) is 10.4 Å². The Morgan fingerprint density at radius 3 is 2.89 bits per heavy atom. The molecule has 0 amide bonds. The number of aromatic nitrogens is 3. The molecule has 3 heterocycles. The third-order valence-electron chi connectivity index (χ3n) is 2.50. The van der Waals surface area contributed by atoms with Gasteiger partial charge in [-0.05, 0) is 36.7 Å². The van der Waals surface area contributed by atoms with Gasteiger partial charge >= 0.3 is 0 Å². The van der Waals surface area contributed by atoms with Crippen molar-refractivity contribution in [2.45, 2.75) is 6.92 Å². The maximum Gasteiger partial charge on any atom is 0.225 e. The minimum Gasteiger partial charge on any atom is -0.337 e. The molecule has 7 heteroatoms. The van der Waals surface area contributed by atoms with Crippen LogP contribution < -0.4 is 5.32 Å². The molecule has 0 fully saturated rings. The van der Waals surface area contributed by atoms with E-state index >= 15 is 0 Å². The minimum atomic E-state index is 0.205. The molecule has 19 heavy (non-hydrogen) atoms. The maximum absolute atomic E-state index is 6.02. The quantitative estimate of drug-likeness (QED) is 0.561. The zero-order chi connectivity index (χ0) is 13.4. The summed E-state index contributed by atoms with van der Waals surface area (Å²) < 4.78 is 0. The lowest BCUT2D eigenvalue weighted by Gasteiger charge is -2.07. The first-order chi connectivity index (χ1) is 9.13. The third-order valence-corrected chi connectivity index (χ3v) is 3.92. The fourth-order valence-corrected chi connectivity index (χ4v) is 2.98. The Kier molecular flexibility index (Phi) is 3.26. The van der Waals surface area contributed by atoms with Gasteiger partial charge in [0.1, 0.15) is 10.6 Å². The third kappa shape index (κ3) is 2.49. The summed E-state index contributed by atoms with van der Waals surface area (Å²) in [5, 5.41) is 4.66. The molecule has 96 valence electrons. The molecule has 0 saturated carbocycles. The number of hydrogen-bond donors (Lipinski definition) is 1. The van der Waals surface area contributed by atoms with E-state index in [4.69, 9.17) is 23.2 Å². The zero-order valence-electron chi connectivity index (χ0n) is 9.82. The van der Waals surface area contributed by atoms with E-state index in [1.807, 2.05) is 19.1 Å². The molecular weight excluding hydrogens is 303 g/mol. The highest BCUT2D eigenvalue weighted by Crippen LogP contribution is 2.32. The Hall–Kier alpha value is -1.43. The largest absolute Gasteiger partial charge is 0.337 e. The van der Waals surface area contributed by atoms with E-state index in [2.05, 4.69) is 20.3 Å². The summed E-state index contributed by atoms with van der Waals surface area (Å²) in [5.41, 5.74) is 0.684. The number of fused-ring (bicyclic) bond motifs is 1. The topological polar surface area (TPSA) is 50.7 Å². The van der Waals surface area contributed by atoms with Crippen LogP contribution in [0.4, 0.5) is 11.5 Å². The van der Waals surface area contributed by atoms with E-state index in [0.717, 1.165) is 15.1 Å². The number of pyridine rings is 1. The molecule has 0 radical (unpaired) electrons. The van der Waals surface area contributed by atoms with Crippen molar-refractivity contribution in [2.24, 2.45) is 0 Å². The Balaban J connectivity index is 2.12. The van der Waals surface area contributed by atoms with Gasteiger partial charge in [0.2, 0.25) is 5.28 Å². The van der Waals surface area contributed by atoms with E-state index in [-0.39, 0.29) is 5.28 Å². The fourth-order valence-electron chi connectivity index (χ4n) is 1.72. The molecule has 0 unspecified atom stereocenters. The summed E-state index contributed by atoms with van der Waals surface area (Å²) in [6.07, 6.45) is 1.63. The second-order valence-corrected chi connectivity index (χ2v) is 5.81. The molecule has 1 N–H and O–H groups in total. The Bertz CT molecular complexity index is 757. The first-order valence-electron chi connectivity index (χ1n) is 5.45. The van der Waals surface area contributed by atoms with E-state index in [0.29, 0.717) is 16.7 Å². The number of thiophene rings is 1. The number of rotatable bonds is 2. The lowest BCUT2D eigenvalue weighted by molar-refractivity contribution is 1.22. The number of halogens is 2. The Labute approximate surface area is 123 Å². The average Bonchev–Trinajstić information content (AvgIpc) is 2.72. The van der Waals surface area contributed by atoms with Crippen LogP contribution >= 0.6 is 34.5 Å². The van der Waals surface area contributed by atoms with Gasteiger partial charge in [-0.1, -0.05) is 11.6 Å². The summed E-state index contributed by atoms with van der Waals surface area (Å²) in [6.45, 7) is 2.01. The normalized spacial score (nSPS) is 10.9. The van der Waals surface area contributed by atoms with Gasteiger partial charge < -0.3 is 5.32 Å². The molecule has 0 atom stereocenters. The van der Waals surface area contributed by atoms with Crippen LogP contribution in [-0.4, -0.2) is 15.0 Å². The van der Waals surface area contributed by atoms with E-state index in [1.165, 1.54) is 0 Å². The van der Waals surface area contributed by atoms with Gasteiger partial charge in [-0.25, -0.2) is 9.97 Å². The standard InChI is InChI=1S/C12H8Cl2N4S/c1-6-5-7-10(17-12(14)18-11(7)19-6)16-8-3-2-4-15-9(8)13/h2-5H,1H3,(H,16,17,18). The van der Waals surface area contributed by atoms with Crippen LogP contribution in [-0.2, 0) is 0 Å². The van der Waals surface area contributed by atoms with Gasteiger partial charge in [0.15, 0.2) is 5.15 Å². The molecule has 3 aromatic heterocycles. The van der Waals surface area contributed by atoms with Gasteiger partial charge in [0.25, 0.3) is 0 Å². The molecule has 0 aliphatic heterocycles. The number of anilines is 2. The average molecular weight is 311 g/mol.